The number of benzene rings is 1. The van der Waals surface area contributed by atoms with Crippen LogP contribution in [0, 0.1) is 22.6 Å². The molecule has 104 valence electrons. The molecule has 1 rings (SSSR count). The third-order valence-corrected chi connectivity index (χ3v) is 2.99. The minimum atomic E-state index is -0.375. The molecule has 0 aliphatic carbocycles. The van der Waals surface area contributed by atoms with Gasteiger partial charge in [0, 0.05) is 6.54 Å². The summed E-state index contributed by atoms with van der Waals surface area (Å²) in [6.45, 7) is 4.61. The maximum atomic E-state index is 13.6. The van der Waals surface area contributed by atoms with Crippen molar-refractivity contribution in [1.82, 2.24) is 0 Å². The van der Waals surface area contributed by atoms with Gasteiger partial charge in [0.2, 0.25) is 0 Å². The topological polar surface area (TPSA) is 59.0 Å². The first-order chi connectivity index (χ1) is 8.98. The highest BCUT2D eigenvalue weighted by molar-refractivity contribution is 5.29. The molecular weight excluding hydrogens is 243 g/mol. The van der Waals surface area contributed by atoms with Crippen LogP contribution < -0.4 is 10.5 Å². The molecule has 4 heteroatoms. The SMILES string of the molecule is CC(C)(C#N)CCCCOc1ccc(CN)cc1F. The number of rotatable bonds is 7. The minimum Gasteiger partial charge on any atom is -0.491 e. The number of nitrogens with two attached hydrogens (primary N) is 1. The van der Waals surface area contributed by atoms with E-state index in [2.05, 4.69) is 6.07 Å². The summed E-state index contributed by atoms with van der Waals surface area (Å²) in [7, 11) is 0. The molecule has 0 fully saturated rings. The largest absolute Gasteiger partial charge is 0.491 e. The number of nitriles is 1. The molecule has 0 bridgehead atoms. The average Bonchev–Trinajstić information content (AvgIpc) is 2.39. The molecule has 0 spiro atoms. The van der Waals surface area contributed by atoms with E-state index in [9.17, 15) is 4.39 Å². The van der Waals surface area contributed by atoms with Crippen molar-refractivity contribution in [3.8, 4) is 11.8 Å². The Morgan fingerprint density at radius 1 is 1.37 bits per heavy atom. The number of unbranched alkanes of at least 4 members (excludes halogenated alkanes) is 1. The zero-order valence-corrected chi connectivity index (χ0v) is 11.6. The lowest BCUT2D eigenvalue weighted by molar-refractivity contribution is 0.282. The highest BCUT2D eigenvalue weighted by Gasteiger charge is 2.15. The monoisotopic (exact) mass is 264 g/mol. The Morgan fingerprint density at radius 3 is 2.68 bits per heavy atom. The quantitative estimate of drug-likeness (QED) is 0.768. The fourth-order valence-electron chi connectivity index (χ4n) is 1.70. The van der Waals surface area contributed by atoms with Crippen LogP contribution in [-0.2, 0) is 6.54 Å². The Kier molecular flexibility index (Phi) is 5.78. The Labute approximate surface area is 114 Å². The third kappa shape index (κ3) is 5.27. The number of halogens is 1. The van der Waals surface area contributed by atoms with Gasteiger partial charge >= 0.3 is 0 Å². The van der Waals surface area contributed by atoms with Crippen molar-refractivity contribution < 1.29 is 9.13 Å². The van der Waals surface area contributed by atoms with Gasteiger partial charge in [-0.3, -0.25) is 0 Å². The summed E-state index contributed by atoms with van der Waals surface area (Å²) in [4.78, 5) is 0. The summed E-state index contributed by atoms with van der Waals surface area (Å²) in [6, 6.07) is 7.02. The smallest absolute Gasteiger partial charge is 0.165 e. The second-order valence-corrected chi connectivity index (χ2v) is 5.27. The summed E-state index contributed by atoms with van der Waals surface area (Å²) in [6.07, 6.45) is 2.52. The van der Waals surface area contributed by atoms with E-state index < -0.39 is 0 Å². The zero-order chi connectivity index (χ0) is 14.3. The highest BCUT2D eigenvalue weighted by Crippen LogP contribution is 2.22. The van der Waals surface area contributed by atoms with Crippen LogP contribution in [0.25, 0.3) is 0 Å². The van der Waals surface area contributed by atoms with E-state index in [0.29, 0.717) is 13.2 Å². The van der Waals surface area contributed by atoms with Crippen LogP contribution in [0.1, 0.15) is 38.7 Å². The zero-order valence-electron chi connectivity index (χ0n) is 11.6. The first kappa shape index (κ1) is 15.5. The van der Waals surface area contributed by atoms with Crippen LogP contribution in [0.4, 0.5) is 4.39 Å². The van der Waals surface area contributed by atoms with Gasteiger partial charge < -0.3 is 10.5 Å². The van der Waals surface area contributed by atoms with Crippen LogP contribution in [0.2, 0.25) is 0 Å². The maximum Gasteiger partial charge on any atom is 0.165 e. The van der Waals surface area contributed by atoms with Crippen LogP contribution in [0.3, 0.4) is 0 Å². The molecule has 0 unspecified atom stereocenters. The van der Waals surface area contributed by atoms with Crippen molar-refractivity contribution in [2.75, 3.05) is 6.61 Å². The number of hydrogen-bond acceptors (Lipinski definition) is 3. The highest BCUT2D eigenvalue weighted by atomic mass is 19.1. The Hall–Kier alpha value is -1.60. The van der Waals surface area contributed by atoms with Gasteiger partial charge in [-0.1, -0.05) is 6.07 Å². The first-order valence-corrected chi connectivity index (χ1v) is 6.51. The van der Waals surface area contributed by atoms with Crippen LogP contribution in [0.5, 0.6) is 5.75 Å². The third-order valence-electron chi connectivity index (χ3n) is 2.99. The molecule has 0 radical (unpaired) electrons. The van der Waals surface area contributed by atoms with Crippen molar-refractivity contribution in [1.29, 1.82) is 5.26 Å². The molecule has 0 saturated carbocycles. The Balaban J connectivity index is 2.32. The van der Waals surface area contributed by atoms with E-state index >= 15 is 0 Å². The van der Waals surface area contributed by atoms with E-state index in [-0.39, 0.29) is 17.0 Å². The molecule has 2 N–H and O–H groups in total. The molecule has 3 nitrogen and oxygen atoms in total. The second kappa shape index (κ2) is 7.10. The van der Waals surface area contributed by atoms with Gasteiger partial charge in [-0.05, 0) is 50.8 Å². The molecule has 0 aromatic heterocycles. The van der Waals surface area contributed by atoms with Crippen molar-refractivity contribution in [3.05, 3.63) is 29.6 Å². The predicted molar refractivity (Wildman–Crippen MR) is 73.0 cm³/mol. The van der Waals surface area contributed by atoms with E-state index in [1.807, 2.05) is 13.8 Å². The molecule has 19 heavy (non-hydrogen) atoms. The van der Waals surface area contributed by atoms with Gasteiger partial charge in [-0.15, -0.1) is 0 Å². The summed E-state index contributed by atoms with van der Waals surface area (Å²) in [5.74, 6) is -0.114. The summed E-state index contributed by atoms with van der Waals surface area (Å²) in [5.41, 5.74) is 5.88. The van der Waals surface area contributed by atoms with E-state index in [4.69, 9.17) is 15.7 Å². The van der Waals surface area contributed by atoms with Crippen molar-refractivity contribution in [2.24, 2.45) is 11.1 Å². The van der Waals surface area contributed by atoms with E-state index in [0.717, 1.165) is 24.8 Å². The van der Waals surface area contributed by atoms with E-state index in [1.54, 1.807) is 12.1 Å². The standard InChI is InChI=1S/C15H21FN2O/c1-15(2,11-18)7-3-4-8-19-14-6-5-12(10-17)9-13(14)16/h5-6,9H,3-4,7-8,10,17H2,1-2H3. The fraction of sp³-hybridized carbons (Fsp3) is 0.533. The van der Waals surface area contributed by atoms with Crippen molar-refractivity contribution >= 4 is 0 Å². The van der Waals surface area contributed by atoms with Crippen molar-refractivity contribution in [2.45, 2.75) is 39.7 Å². The molecule has 0 atom stereocenters. The fourth-order valence-corrected chi connectivity index (χ4v) is 1.70. The summed E-state index contributed by atoms with van der Waals surface area (Å²) < 4.78 is 19.0. The van der Waals surface area contributed by atoms with Gasteiger partial charge in [-0.2, -0.15) is 5.26 Å². The molecule has 0 heterocycles. The van der Waals surface area contributed by atoms with Crippen LogP contribution in [-0.4, -0.2) is 6.61 Å². The number of hydrogen-bond donors (Lipinski definition) is 1. The van der Waals surface area contributed by atoms with Gasteiger partial charge in [0.25, 0.3) is 0 Å². The molecule has 1 aromatic carbocycles. The molecule has 0 saturated heterocycles. The van der Waals surface area contributed by atoms with Gasteiger partial charge in [0.1, 0.15) is 0 Å². The average molecular weight is 264 g/mol. The lowest BCUT2D eigenvalue weighted by Crippen LogP contribution is -2.08. The summed E-state index contributed by atoms with van der Waals surface area (Å²) in [5, 5.41) is 8.87. The maximum absolute atomic E-state index is 13.6. The summed E-state index contributed by atoms with van der Waals surface area (Å²) >= 11 is 0. The van der Waals surface area contributed by atoms with Crippen LogP contribution in [0.15, 0.2) is 18.2 Å². The van der Waals surface area contributed by atoms with Gasteiger partial charge in [0.15, 0.2) is 11.6 Å². The number of nitrogens with zero attached hydrogens (tertiary/aromatic N) is 1. The predicted octanol–water partition coefficient (Wildman–Crippen LogP) is 3.38. The first-order valence-electron chi connectivity index (χ1n) is 6.51. The van der Waals surface area contributed by atoms with E-state index in [1.165, 1.54) is 6.07 Å². The Morgan fingerprint density at radius 2 is 2.11 bits per heavy atom. The molecular formula is C15H21FN2O. The van der Waals surface area contributed by atoms with Crippen molar-refractivity contribution in [3.63, 3.8) is 0 Å². The Bertz CT molecular complexity index is 452. The van der Waals surface area contributed by atoms with Gasteiger partial charge in [0.05, 0.1) is 18.1 Å². The minimum absolute atomic E-state index is 0.261. The normalized spacial score (nSPS) is 11.1. The molecule has 0 amide bonds. The molecule has 1 aromatic rings. The molecule has 0 aliphatic rings. The lowest BCUT2D eigenvalue weighted by atomic mass is 9.89. The second-order valence-electron chi connectivity index (χ2n) is 5.27. The molecule has 0 aliphatic heterocycles. The van der Waals surface area contributed by atoms with Crippen LogP contribution >= 0.6 is 0 Å². The van der Waals surface area contributed by atoms with Gasteiger partial charge in [-0.25, -0.2) is 4.39 Å². The lowest BCUT2D eigenvalue weighted by Gasteiger charge is -2.14. The number of ether oxygens (including phenoxy) is 1.